The Morgan fingerprint density at radius 3 is 2.33 bits per heavy atom. The second-order valence-electron chi connectivity index (χ2n) is 3.58. The number of alkyl halides is 3. The van der Waals surface area contributed by atoms with Gasteiger partial charge in [0.25, 0.3) is 0 Å². The van der Waals surface area contributed by atoms with Gasteiger partial charge in [0.2, 0.25) is 0 Å². The van der Waals surface area contributed by atoms with Crippen LogP contribution >= 0.6 is 0 Å². The van der Waals surface area contributed by atoms with Gasteiger partial charge in [-0.25, -0.2) is 8.78 Å². The molecule has 18 heavy (non-hydrogen) atoms. The summed E-state index contributed by atoms with van der Waals surface area (Å²) in [6.45, 7) is 0. The van der Waals surface area contributed by atoms with E-state index in [0.29, 0.717) is 6.07 Å². The maximum Gasteiger partial charge on any atom is 0.417 e. The molecule has 0 amide bonds. The lowest BCUT2D eigenvalue weighted by Gasteiger charge is -2.12. The van der Waals surface area contributed by atoms with Gasteiger partial charge in [-0.05, 0) is 24.3 Å². The Morgan fingerprint density at radius 2 is 1.72 bits per heavy atom. The predicted octanol–water partition coefficient (Wildman–Crippen LogP) is 4.45. The summed E-state index contributed by atoms with van der Waals surface area (Å²) in [7, 11) is 0. The fourth-order valence-electron chi connectivity index (χ4n) is 1.59. The van der Waals surface area contributed by atoms with Crippen LogP contribution in [0.1, 0.15) is 5.56 Å². The highest BCUT2D eigenvalue weighted by Crippen LogP contribution is 2.37. The molecule has 0 N–H and O–H groups in total. The zero-order valence-corrected chi connectivity index (χ0v) is 8.85. The lowest BCUT2D eigenvalue weighted by atomic mass is 9.99. The summed E-state index contributed by atoms with van der Waals surface area (Å²) in [5.74, 6) is -1.90. The van der Waals surface area contributed by atoms with Gasteiger partial charge in [-0.2, -0.15) is 13.2 Å². The van der Waals surface area contributed by atoms with Crippen LogP contribution in [-0.4, -0.2) is 0 Å². The molecule has 0 bridgehead atoms. The molecule has 0 atom stereocenters. The molecule has 0 fully saturated rings. The number of hydrogen-bond acceptors (Lipinski definition) is 0. The average Bonchev–Trinajstić information content (AvgIpc) is 2.28. The van der Waals surface area contributed by atoms with Gasteiger partial charge < -0.3 is 0 Å². The number of hydrogen-bond donors (Lipinski definition) is 0. The van der Waals surface area contributed by atoms with E-state index in [2.05, 4.69) is 6.07 Å². The maximum absolute atomic E-state index is 13.5. The molecule has 1 radical (unpaired) electrons. The third kappa shape index (κ3) is 2.34. The topological polar surface area (TPSA) is 0 Å². The van der Waals surface area contributed by atoms with Crippen LogP contribution in [0.15, 0.2) is 36.4 Å². The molecular formula is C13H6F5. The van der Waals surface area contributed by atoms with Crippen molar-refractivity contribution < 1.29 is 22.0 Å². The third-order valence-corrected chi connectivity index (χ3v) is 2.36. The van der Waals surface area contributed by atoms with Gasteiger partial charge in [0.1, 0.15) is 11.6 Å². The fourth-order valence-corrected chi connectivity index (χ4v) is 1.59. The van der Waals surface area contributed by atoms with Crippen LogP contribution in [0.5, 0.6) is 0 Å². The smallest absolute Gasteiger partial charge is 0.207 e. The summed E-state index contributed by atoms with van der Waals surface area (Å²) in [6.07, 6.45) is -4.62. The van der Waals surface area contributed by atoms with Gasteiger partial charge in [-0.3, -0.25) is 0 Å². The second-order valence-corrected chi connectivity index (χ2v) is 3.58. The Morgan fingerprint density at radius 1 is 1.00 bits per heavy atom. The van der Waals surface area contributed by atoms with Crippen molar-refractivity contribution >= 4 is 0 Å². The molecule has 0 aliphatic carbocycles. The first kappa shape index (κ1) is 12.5. The summed E-state index contributed by atoms with van der Waals surface area (Å²) in [4.78, 5) is 0. The molecule has 0 nitrogen and oxygen atoms in total. The Bertz CT molecular complexity index is 572. The first-order valence-corrected chi connectivity index (χ1v) is 4.93. The monoisotopic (exact) mass is 257 g/mol. The van der Waals surface area contributed by atoms with E-state index in [-0.39, 0.29) is 5.56 Å². The van der Waals surface area contributed by atoms with E-state index in [0.717, 1.165) is 24.3 Å². The SMILES string of the molecule is Fc1ccc(-c2[c]cccc2C(F)(F)F)c(F)c1. The number of benzene rings is 2. The van der Waals surface area contributed by atoms with Crippen molar-refractivity contribution in [3.8, 4) is 11.1 Å². The summed E-state index contributed by atoms with van der Waals surface area (Å²) < 4.78 is 64.4. The molecule has 2 aromatic rings. The van der Waals surface area contributed by atoms with Crippen molar-refractivity contribution in [1.82, 2.24) is 0 Å². The zero-order chi connectivity index (χ0) is 13.3. The summed E-state index contributed by atoms with van der Waals surface area (Å²) in [6, 6.07) is 7.97. The molecule has 0 spiro atoms. The summed E-state index contributed by atoms with van der Waals surface area (Å²) in [5.41, 5.74) is -1.76. The fraction of sp³-hybridized carbons (Fsp3) is 0.0769. The van der Waals surface area contributed by atoms with Gasteiger partial charge in [-0.1, -0.05) is 12.1 Å². The van der Waals surface area contributed by atoms with E-state index in [4.69, 9.17) is 0 Å². The molecule has 0 unspecified atom stereocenters. The lowest BCUT2D eigenvalue weighted by Crippen LogP contribution is -2.07. The third-order valence-electron chi connectivity index (χ3n) is 2.36. The summed E-state index contributed by atoms with van der Waals surface area (Å²) >= 11 is 0. The minimum atomic E-state index is -4.62. The average molecular weight is 257 g/mol. The van der Waals surface area contributed by atoms with E-state index in [1.54, 1.807) is 0 Å². The van der Waals surface area contributed by atoms with Gasteiger partial charge in [0.15, 0.2) is 0 Å². The highest BCUT2D eigenvalue weighted by Gasteiger charge is 2.33. The molecule has 0 saturated carbocycles. The second kappa shape index (κ2) is 4.40. The van der Waals surface area contributed by atoms with Crippen LogP contribution in [0.2, 0.25) is 0 Å². The molecule has 5 heteroatoms. The zero-order valence-electron chi connectivity index (χ0n) is 8.85. The van der Waals surface area contributed by atoms with Gasteiger partial charge in [0, 0.05) is 17.2 Å². The van der Waals surface area contributed by atoms with Crippen molar-refractivity contribution in [2.24, 2.45) is 0 Å². The van der Waals surface area contributed by atoms with E-state index in [9.17, 15) is 22.0 Å². The van der Waals surface area contributed by atoms with Crippen LogP contribution in [0.25, 0.3) is 11.1 Å². The van der Waals surface area contributed by atoms with Crippen LogP contribution in [0.3, 0.4) is 0 Å². The van der Waals surface area contributed by atoms with Crippen molar-refractivity contribution in [3.63, 3.8) is 0 Å². The molecule has 0 aliphatic heterocycles. The van der Waals surface area contributed by atoms with Gasteiger partial charge >= 0.3 is 6.18 Å². The molecule has 0 saturated heterocycles. The molecule has 0 aromatic heterocycles. The van der Waals surface area contributed by atoms with Gasteiger partial charge in [0.05, 0.1) is 5.56 Å². The molecule has 2 aromatic carbocycles. The Kier molecular flexibility index (Phi) is 3.07. The normalized spacial score (nSPS) is 11.6. The molecular weight excluding hydrogens is 251 g/mol. The predicted molar refractivity (Wildman–Crippen MR) is 55.6 cm³/mol. The molecule has 0 heterocycles. The lowest BCUT2D eigenvalue weighted by molar-refractivity contribution is -0.137. The largest absolute Gasteiger partial charge is 0.417 e. The minimum absolute atomic E-state index is 0.329. The Balaban J connectivity index is 2.64. The number of halogens is 5. The highest BCUT2D eigenvalue weighted by atomic mass is 19.4. The maximum atomic E-state index is 13.5. The standard InChI is InChI=1S/C13H6F5/c14-8-5-6-10(12(15)7-8)9-3-1-2-4-11(9)13(16,17)18/h1-2,4-7H. The van der Waals surface area contributed by atoms with Crippen LogP contribution in [0, 0.1) is 17.7 Å². The van der Waals surface area contributed by atoms with Crippen molar-refractivity contribution in [2.45, 2.75) is 6.18 Å². The van der Waals surface area contributed by atoms with Crippen molar-refractivity contribution in [1.29, 1.82) is 0 Å². The Labute approximate surface area is 99.7 Å². The van der Waals surface area contributed by atoms with E-state index < -0.39 is 28.9 Å². The minimum Gasteiger partial charge on any atom is -0.207 e. The van der Waals surface area contributed by atoms with Crippen LogP contribution in [0.4, 0.5) is 22.0 Å². The van der Waals surface area contributed by atoms with E-state index in [1.165, 1.54) is 6.07 Å². The first-order chi connectivity index (χ1) is 8.39. The number of rotatable bonds is 1. The van der Waals surface area contributed by atoms with E-state index in [1.807, 2.05) is 0 Å². The van der Waals surface area contributed by atoms with Crippen LogP contribution in [-0.2, 0) is 6.18 Å². The quantitative estimate of drug-likeness (QED) is 0.662. The van der Waals surface area contributed by atoms with E-state index >= 15 is 0 Å². The molecule has 93 valence electrons. The Hall–Kier alpha value is -1.91. The van der Waals surface area contributed by atoms with Crippen molar-refractivity contribution in [3.05, 3.63) is 59.7 Å². The highest BCUT2D eigenvalue weighted by molar-refractivity contribution is 5.68. The van der Waals surface area contributed by atoms with Crippen molar-refractivity contribution in [2.75, 3.05) is 0 Å². The molecule has 0 aliphatic rings. The summed E-state index contributed by atoms with van der Waals surface area (Å²) in [5, 5.41) is 0. The van der Waals surface area contributed by atoms with Gasteiger partial charge in [-0.15, -0.1) is 0 Å². The first-order valence-electron chi connectivity index (χ1n) is 4.93. The van der Waals surface area contributed by atoms with Crippen LogP contribution < -0.4 is 0 Å². The molecule has 2 rings (SSSR count).